The summed E-state index contributed by atoms with van der Waals surface area (Å²) in [4.78, 5) is 12.7. The highest BCUT2D eigenvalue weighted by Crippen LogP contribution is 2.70. The molecule has 0 radical (unpaired) electrons. The van der Waals surface area contributed by atoms with Crippen molar-refractivity contribution >= 4 is 5.97 Å². The lowest BCUT2D eigenvalue weighted by molar-refractivity contribution is -0.146. The Hall–Kier alpha value is -0.610. The summed E-state index contributed by atoms with van der Waals surface area (Å²) in [6.45, 7) is 6.59. The molecule has 7 atom stereocenters. The van der Waals surface area contributed by atoms with Gasteiger partial charge in [-0.05, 0) is 50.5 Å². The molecule has 1 N–H and O–H groups in total. The molecule has 0 aromatic carbocycles. The van der Waals surface area contributed by atoms with Crippen LogP contribution in [0, 0.1) is 29.1 Å². The van der Waals surface area contributed by atoms with Crippen molar-refractivity contribution in [3.05, 3.63) is 0 Å². The second-order valence-corrected chi connectivity index (χ2v) is 10.2. The normalized spacial score (nSPS) is 50.5. The fourth-order valence-electron chi connectivity index (χ4n) is 7.30. The van der Waals surface area contributed by atoms with Crippen molar-refractivity contribution in [2.24, 2.45) is 29.1 Å². The maximum Gasteiger partial charge on any atom is 0.311 e. The lowest BCUT2D eigenvalue weighted by Crippen LogP contribution is -2.54. The van der Waals surface area contributed by atoms with Gasteiger partial charge >= 0.3 is 5.97 Å². The zero-order valence-corrected chi connectivity index (χ0v) is 16.5. The fraction of sp³-hybridized carbons (Fsp3) is 0.955. The lowest BCUT2D eigenvalue weighted by atomic mass is 9.53. The van der Waals surface area contributed by atoms with Gasteiger partial charge in [0.2, 0.25) is 0 Å². The highest BCUT2D eigenvalue weighted by Gasteiger charge is 2.78. The predicted octanol–water partition coefficient (Wildman–Crippen LogP) is 3.68. The van der Waals surface area contributed by atoms with Crippen LogP contribution >= 0.6 is 0 Å². The average molecular weight is 362 g/mol. The molecule has 0 bridgehead atoms. The van der Waals surface area contributed by atoms with Gasteiger partial charge in [-0.15, -0.1) is 0 Å². The third-order valence-electron chi connectivity index (χ3n) is 8.72. The molecule has 7 unspecified atom stereocenters. The first kappa shape index (κ1) is 17.5. The van der Waals surface area contributed by atoms with E-state index in [0.29, 0.717) is 5.92 Å². The van der Waals surface area contributed by atoms with E-state index >= 15 is 0 Å². The Morgan fingerprint density at radius 2 is 1.92 bits per heavy atom. The van der Waals surface area contributed by atoms with Gasteiger partial charge in [-0.3, -0.25) is 4.79 Å². The largest absolute Gasteiger partial charge is 0.462 e. The molecule has 5 rings (SSSR count). The van der Waals surface area contributed by atoms with Gasteiger partial charge in [0.05, 0.1) is 12.0 Å². The standard InChI is InChI=1S/C22H35NO3/c1-14-7-6-10-21(2)11-17-18(19-22(14,21)26-19)16(20(24)25-17)13-23-12-15-8-4-3-5-9-15/h14-19,23H,3-13H2,1-2H3. The number of carbonyl (C=O) groups excluding carboxylic acids is 1. The van der Waals surface area contributed by atoms with Crippen molar-refractivity contribution in [2.75, 3.05) is 13.1 Å². The van der Waals surface area contributed by atoms with Crippen molar-refractivity contribution in [3.63, 3.8) is 0 Å². The number of rotatable bonds is 4. The SMILES string of the molecule is CC1CCCC2(C)CC3OC(=O)C(CNCC4CCCCC4)C3C3OC132. The summed E-state index contributed by atoms with van der Waals surface area (Å²) in [6, 6.07) is 0. The molecule has 146 valence electrons. The van der Waals surface area contributed by atoms with Crippen LogP contribution in [-0.4, -0.2) is 36.9 Å². The average Bonchev–Trinajstić information content (AvgIpc) is 3.30. The Labute approximate surface area is 157 Å². The Morgan fingerprint density at radius 1 is 1.12 bits per heavy atom. The summed E-state index contributed by atoms with van der Waals surface area (Å²) >= 11 is 0. The van der Waals surface area contributed by atoms with Crippen LogP contribution in [0.2, 0.25) is 0 Å². The van der Waals surface area contributed by atoms with E-state index in [-0.39, 0.29) is 41.0 Å². The second kappa shape index (κ2) is 6.20. The van der Waals surface area contributed by atoms with Crippen molar-refractivity contribution in [2.45, 2.75) is 89.4 Å². The van der Waals surface area contributed by atoms with Gasteiger partial charge in [0.1, 0.15) is 11.7 Å². The highest BCUT2D eigenvalue weighted by molar-refractivity contribution is 5.76. The zero-order chi connectivity index (χ0) is 17.9. The number of ether oxygens (including phenoxy) is 2. The second-order valence-electron chi connectivity index (χ2n) is 10.2. The fourth-order valence-corrected chi connectivity index (χ4v) is 7.30. The molecule has 5 aliphatic rings. The van der Waals surface area contributed by atoms with Gasteiger partial charge in [0.15, 0.2) is 0 Å². The molecule has 0 amide bonds. The van der Waals surface area contributed by atoms with Crippen molar-refractivity contribution in [3.8, 4) is 0 Å². The number of epoxide rings is 1. The maximum atomic E-state index is 12.7. The van der Waals surface area contributed by atoms with Crippen LogP contribution in [0.4, 0.5) is 0 Å². The van der Waals surface area contributed by atoms with E-state index < -0.39 is 0 Å². The summed E-state index contributed by atoms with van der Waals surface area (Å²) in [6.07, 6.45) is 11.9. The molecule has 3 saturated carbocycles. The number of nitrogens with one attached hydrogen (secondary N) is 1. The van der Waals surface area contributed by atoms with Gasteiger partial charge in [-0.25, -0.2) is 0 Å². The molecule has 0 aromatic heterocycles. The summed E-state index contributed by atoms with van der Waals surface area (Å²) in [5.74, 6) is 1.70. The van der Waals surface area contributed by atoms with E-state index in [2.05, 4.69) is 19.2 Å². The first-order valence-electron chi connectivity index (χ1n) is 11.1. The highest BCUT2D eigenvalue weighted by atomic mass is 16.6. The quantitative estimate of drug-likeness (QED) is 0.613. The molecule has 4 heteroatoms. The summed E-state index contributed by atoms with van der Waals surface area (Å²) in [5.41, 5.74) is 0.225. The summed E-state index contributed by atoms with van der Waals surface area (Å²) in [7, 11) is 0. The molecule has 3 aliphatic carbocycles. The molecule has 1 spiro atoms. The van der Waals surface area contributed by atoms with Gasteiger partial charge in [-0.1, -0.05) is 39.5 Å². The first-order valence-corrected chi connectivity index (χ1v) is 11.1. The molecule has 5 fully saturated rings. The van der Waals surface area contributed by atoms with Crippen LogP contribution in [-0.2, 0) is 14.3 Å². The summed E-state index contributed by atoms with van der Waals surface area (Å²) < 4.78 is 12.4. The zero-order valence-electron chi connectivity index (χ0n) is 16.5. The molecule has 0 aromatic rings. The van der Waals surface area contributed by atoms with Crippen molar-refractivity contribution in [1.82, 2.24) is 5.32 Å². The number of fused-ring (bicyclic) bond motifs is 2. The third-order valence-corrected chi connectivity index (χ3v) is 8.72. The van der Waals surface area contributed by atoms with Crippen LogP contribution in [0.25, 0.3) is 0 Å². The van der Waals surface area contributed by atoms with E-state index in [1.165, 1.54) is 51.4 Å². The van der Waals surface area contributed by atoms with Gasteiger partial charge in [-0.2, -0.15) is 0 Å². The van der Waals surface area contributed by atoms with E-state index in [0.717, 1.165) is 25.4 Å². The van der Waals surface area contributed by atoms with Crippen LogP contribution in [0.15, 0.2) is 0 Å². The van der Waals surface area contributed by atoms with Gasteiger partial charge in [0.25, 0.3) is 0 Å². The molecular formula is C22H35NO3. The minimum atomic E-state index is -0.00774. The number of carbonyl (C=O) groups is 1. The summed E-state index contributed by atoms with van der Waals surface area (Å²) in [5, 5.41) is 3.63. The maximum absolute atomic E-state index is 12.7. The van der Waals surface area contributed by atoms with E-state index in [4.69, 9.17) is 9.47 Å². The molecule has 4 nitrogen and oxygen atoms in total. The van der Waals surface area contributed by atoms with Crippen molar-refractivity contribution in [1.29, 1.82) is 0 Å². The predicted molar refractivity (Wildman–Crippen MR) is 99.6 cm³/mol. The van der Waals surface area contributed by atoms with E-state index in [1.807, 2.05) is 0 Å². The Morgan fingerprint density at radius 3 is 2.73 bits per heavy atom. The minimum absolute atomic E-state index is 0.00774. The van der Waals surface area contributed by atoms with Crippen LogP contribution < -0.4 is 5.32 Å². The molecule has 2 saturated heterocycles. The molecular weight excluding hydrogens is 326 g/mol. The van der Waals surface area contributed by atoms with E-state index in [9.17, 15) is 4.79 Å². The van der Waals surface area contributed by atoms with Crippen LogP contribution in [0.3, 0.4) is 0 Å². The Kier molecular flexibility index (Phi) is 4.17. The first-order chi connectivity index (χ1) is 12.6. The molecule has 26 heavy (non-hydrogen) atoms. The van der Waals surface area contributed by atoms with Crippen LogP contribution in [0.5, 0.6) is 0 Å². The third kappa shape index (κ3) is 2.44. The Balaban J connectivity index is 1.27. The number of hydrogen-bond donors (Lipinski definition) is 1. The molecule has 2 aliphatic heterocycles. The lowest BCUT2D eigenvalue weighted by Gasteiger charge is -2.48. The topological polar surface area (TPSA) is 50.9 Å². The minimum Gasteiger partial charge on any atom is -0.462 e. The van der Waals surface area contributed by atoms with Crippen LogP contribution in [0.1, 0.15) is 71.6 Å². The Bertz CT molecular complexity index is 574. The number of hydrogen-bond acceptors (Lipinski definition) is 4. The number of esters is 1. The smallest absolute Gasteiger partial charge is 0.311 e. The molecule has 2 heterocycles. The van der Waals surface area contributed by atoms with Gasteiger partial charge < -0.3 is 14.8 Å². The monoisotopic (exact) mass is 361 g/mol. The van der Waals surface area contributed by atoms with E-state index in [1.54, 1.807) is 0 Å². The van der Waals surface area contributed by atoms with Gasteiger partial charge in [0, 0.05) is 17.9 Å². The van der Waals surface area contributed by atoms with Crippen molar-refractivity contribution < 1.29 is 14.3 Å².